The topological polar surface area (TPSA) is 72.8 Å². The molecule has 0 heterocycles. The fourth-order valence-electron chi connectivity index (χ4n) is 6.78. The predicted octanol–water partition coefficient (Wildman–Crippen LogP) is 17.0. The lowest BCUT2D eigenvalue weighted by atomic mass is 10.0. The van der Waals surface area contributed by atoms with Crippen molar-refractivity contribution in [3.63, 3.8) is 0 Å². The summed E-state index contributed by atoms with van der Waals surface area (Å²) in [7, 11) is 0. The number of hydrogen-bond acceptors (Lipinski definition) is 5. The number of hydrogen-bond donors (Lipinski definition) is 1. The van der Waals surface area contributed by atoms with Crippen LogP contribution in [0.2, 0.25) is 0 Å². The number of ether oxygens (including phenoxy) is 2. The normalized spacial score (nSPS) is 13.1. The second-order valence-corrected chi connectivity index (χ2v) is 16.5. The van der Waals surface area contributed by atoms with Crippen LogP contribution in [0.15, 0.2) is 109 Å². The molecule has 352 valence electrons. The average molecular weight is 859 g/mol. The molecule has 1 atom stereocenters. The molecule has 0 aliphatic rings. The molecule has 1 unspecified atom stereocenters. The summed E-state index contributed by atoms with van der Waals surface area (Å²) >= 11 is 0. The van der Waals surface area contributed by atoms with Crippen LogP contribution in [0, 0.1) is 0 Å². The van der Waals surface area contributed by atoms with Gasteiger partial charge >= 0.3 is 11.9 Å². The van der Waals surface area contributed by atoms with Gasteiger partial charge in [-0.05, 0) is 83.5 Å². The van der Waals surface area contributed by atoms with Crippen molar-refractivity contribution in [1.82, 2.24) is 0 Å². The Kier molecular flexibility index (Phi) is 49.0. The molecule has 0 spiro atoms. The van der Waals surface area contributed by atoms with Gasteiger partial charge in [-0.2, -0.15) is 0 Å². The maximum Gasteiger partial charge on any atom is 0.306 e. The Balaban J connectivity index is 3.52. The highest BCUT2D eigenvalue weighted by Gasteiger charge is 2.16. The van der Waals surface area contributed by atoms with Crippen LogP contribution < -0.4 is 0 Å². The Morgan fingerprint density at radius 1 is 0.387 bits per heavy atom. The van der Waals surface area contributed by atoms with Crippen LogP contribution in [0.25, 0.3) is 0 Å². The fourth-order valence-corrected chi connectivity index (χ4v) is 6.78. The van der Waals surface area contributed by atoms with Crippen LogP contribution in [0.1, 0.15) is 219 Å². The number of esters is 2. The van der Waals surface area contributed by atoms with E-state index < -0.39 is 6.10 Å². The van der Waals surface area contributed by atoms with Crippen LogP contribution in [-0.2, 0) is 19.1 Å². The third-order valence-electron chi connectivity index (χ3n) is 10.6. The molecule has 62 heavy (non-hydrogen) atoms. The zero-order valence-corrected chi connectivity index (χ0v) is 40.1. The van der Waals surface area contributed by atoms with E-state index in [2.05, 4.69) is 123 Å². The number of carbonyl (C=O) groups is 2. The molecule has 0 aromatic rings. The Bertz CT molecular complexity index is 1250. The SMILES string of the molecule is CC/C=C\C/C=C\C/C=C\C/C=C\C/C=C\C/C=C\C/C=C\C/C=C\C/C=C\CCCCCCCCCCCCCCCC(=O)OC(CO)COC(=O)CCCCCCCCC. The van der Waals surface area contributed by atoms with Crippen molar-refractivity contribution in [3.8, 4) is 0 Å². The average Bonchev–Trinajstić information content (AvgIpc) is 3.28. The van der Waals surface area contributed by atoms with Crippen molar-refractivity contribution in [2.45, 2.75) is 225 Å². The molecule has 0 rings (SSSR count). The number of allylic oxidation sites excluding steroid dienone is 18. The van der Waals surface area contributed by atoms with Crippen molar-refractivity contribution in [1.29, 1.82) is 0 Å². The minimum atomic E-state index is -0.772. The second-order valence-electron chi connectivity index (χ2n) is 16.5. The van der Waals surface area contributed by atoms with Crippen molar-refractivity contribution in [2.24, 2.45) is 0 Å². The van der Waals surface area contributed by atoms with Gasteiger partial charge < -0.3 is 14.6 Å². The molecule has 0 aliphatic heterocycles. The smallest absolute Gasteiger partial charge is 0.306 e. The van der Waals surface area contributed by atoms with Crippen molar-refractivity contribution in [2.75, 3.05) is 13.2 Å². The molecule has 0 bridgehead atoms. The zero-order chi connectivity index (χ0) is 44.9. The van der Waals surface area contributed by atoms with Gasteiger partial charge in [-0.15, -0.1) is 0 Å². The number of aliphatic hydroxyl groups is 1. The third-order valence-corrected chi connectivity index (χ3v) is 10.6. The molecule has 0 aliphatic carbocycles. The molecule has 0 amide bonds. The maximum atomic E-state index is 12.2. The number of unbranched alkanes of at least 4 members (excludes halogenated alkanes) is 19. The van der Waals surface area contributed by atoms with Gasteiger partial charge in [0.05, 0.1) is 6.61 Å². The van der Waals surface area contributed by atoms with Crippen molar-refractivity contribution >= 4 is 11.9 Å². The number of rotatable bonds is 45. The highest BCUT2D eigenvalue weighted by atomic mass is 16.6. The summed E-state index contributed by atoms with van der Waals surface area (Å²) < 4.78 is 10.6. The first kappa shape index (κ1) is 58.6. The van der Waals surface area contributed by atoms with E-state index in [0.29, 0.717) is 12.8 Å². The molecule has 0 saturated carbocycles. The molecule has 5 nitrogen and oxygen atoms in total. The van der Waals surface area contributed by atoms with Crippen LogP contribution >= 0.6 is 0 Å². The first-order valence-corrected chi connectivity index (χ1v) is 25.4. The minimum Gasteiger partial charge on any atom is -0.462 e. The highest BCUT2D eigenvalue weighted by Crippen LogP contribution is 2.15. The monoisotopic (exact) mass is 859 g/mol. The second kappa shape index (κ2) is 51.9. The molecule has 5 heteroatoms. The summed E-state index contributed by atoms with van der Waals surface area (Å²) in [6.07, 6.45) is 75.0. The van der Waals surface area contributed by atoms with Crippen LogP contribution in [0.4, 0.5) is 0 Å². The zero-order valence-electron chi connectivity index (χ0n) is 40.1. The van der Waals surface area contributed by atoms with Crippen LogP contribution in [0.5, 0.6) is 0 Å². The van der Waals surface area contributed by atoms with Crippen LogP contribution in [-0.4, -0.2) is 36.4 Å². The van der Waals surface area contributed by atoms with E-state index in [9.17, 15) is 14.7 Å². The summed E-state index contributed by atoms with van der Waals surface area (Å²) in [6.45, 7) is 3.97. The van der Waals surface area contributed by atoms with E-state index in [0.717, 1.165) is 96.3 Å². The summed E-state index contributed by atoms with van der Waals surface area (Å²) in [6, 6.07) is 0. The van der Waals surface area contributed by atoms with Gasteiger partial charge in [0.15, 0.2) is 6.10 Å². The lowest BCUT2D eigenvalue weighted by Gasteiger charge is -2.15. The largest absolute Gasteiger partial charge is 0.462 e. The van der Waals surface area contributed by atoms with E-state index in [1.54, 1.807) is 0 Å². The summed E-state index contributed by atoms with van der Waals surface area (Å²) in [4.78, 5) is 24.2. The van der Waals surface area contributed by atoms with Crippen molar-refractivity contribution in [3.05, 3.63) is 109 Å². The Morgan fingerprint density at radius 3 is 1.05 bits per heavy atom. The summed E-state index contributed by atoms with van der Waals surface area (Å²) in [5.74, 6) is -0.601. The predicted molar refractivity (Wildman–Crippen MR) is 269 cm³/mol. The molecular weight excluding hydrogens is 765 g/mol. The fraction of sp³-hybridized carbons (Fsp3) is 0.649. The van der Waals surface area contributed by atoms with Gasteiger partial charge in [0, 0.05) is 12.8 Å². The first-order chi connectivity index (χ1) is 30.6. The number of aliphatic hydroxyl groups excluding tert-OH is 1. The lowest BCUT2D eigenvalue weighted by Crippen LogP contribution is -2.28. The molecule has 1 N–H and O–H groups in total. The quantitative estimate of drug-likeness (QED) is 0.0375. The summed E-state index contributed by atoms with van der Waals surface area (Å²) in [5, 5.41) is 9.54. The Labute approximate surface area is 382 Å². The van der Waals surface area contributed by atoms with E-state index in [1.807, 2.05) is 0 Å². The molecule has 0 saturated heterocycles. The van der Waals surface area contributed by atoms with Gasteiger partial charge in [-0.25, -0.2) is 0 Å². The standard InChI is InChI=1S/C57H94O5/c1-3-5-7-9-11-12-13-14-15-16-17-18-19-20-21-22-23-24-25-26-27-28-29-30-31-32-33-34-35-36-37-38-39-40-41-42-43-44-46-48-50-52-57(60)62-55(53-58)54-61-56(59)51-49-47-45-10-8-6-4-2/h5,7,11-12,14-15,17-18,20-21,23-24,26-27,29-30,32-33,55,58H,3-4,6,8-10,13,16,19,22,25,28,31,34-54H2,1-2H3/b7-5-,12-11-,15-14-,18-17-,21-20-,24-23-,27-26-,30-29-,33-32-. The molecule has 0 radical (unpaired) electrons. The lowest BCUT2D eigenvalue weighted by molar-refractivity contribution is -0.161. The van der Waals surface area contributed by atoms with Gasteiger partial charge in [0.1, 0.15) is 6.61 Å². The third kappa shape index (κ3) is 49.2. The van der Waals surface area contributed by atoms with Crippen molar-refractivity contribution < 1.29 is 24.2 Å². The van der Waals surface area contributed by atoms with Gasteiger partial charge in [0.25, 0.3) is 0 Å². The van der Waals surface area contributed by atoms with Gasteiger partial charge in [-0.3, -0.25) is 9.59 Å². The highest BCUT2D eigenvalue weighted by molar-refractivity contribution is 5.70. The molecule has 0 aromatic heterocycles. The molecular formula is C57H94O5. The molecule has 0 fully saturated rings. The van der Waals surface area contributed by atoms with Gasteiger partial charge in [-0.1, -0.05) is 232 Å². The molecule has 0 aromatic carbocycles. The number of carbonyl (C=O) groups excluding carboxylic acids is 2. The Hall–Kier alpha value is -3.44. The van der Waals surface area contributed by atoms with E-state index >= 15 is 0 Å². The van der Waals surface area contributed by atoms with E-state index in [1.165, 1.54) is 96.3 Å². The summed E-state index contributed by atoms with van der Waals surface area (Å²) in [5.41, 5.74) is 0. The Morgan fingerprint density at radius 2 is 0.694 bits per heavy atom. The minimum absolute atomic E-state index is 0.0685. The van der Waals surface area contributed by atoms with Gasteiger partial charge in [0.2, 0.25) is 0 Å². The first-order valence-electron chi connectivity index (χ1n) is 25.4. The van der Waals surface area contributed by atoms with E-state index in [-0.39, 0.29) is 25.2 Å². The maximum absolute atomic E-state index is 12.2. The van der Waals surface area contributed by atoms with Crippen LogP contribution in [0.3, 0.4) is 0 Å². The van der Waals surface area contributed by atoms with E-state index in [4.69, 9.17) is 9.47 Å².